The summed E-state index contributed by atoms with van der Waals surface area (Å²) in [5.74, 6) is -0.778. The van der Waals surface area contributed by atoms with Gasteiger partial charge in [-0.25, -0.2) is 4.39 Å². The first-order valence-corrected chi connectivity index (χ1v) is 5.22. The summed E-state index contributed by atoms with van der Waals surface area (Å²) < 4.78 is 17.7. The van der Waals surface area contributed by atoms with Gasteiger partial charge in [-0.2, -0.15) is 5.26 Å². The molecule has 0 saturated heterocycles. The zero-order valence-corrected chi connectivity index (χ0v) is 9.50. The largest absolute Gasteiger partial charge is 0.465 e. The highest BCUT2D eigenvalue weighted by atomic mass is 19.1. The molecular weight excluding hydrogens is 223 g/mol. The number of carbonyl (C=O) groups excluding carboxylic acids is 1. The van der Waals surface area contributed by atoms with Gasteiger partial charge in [0.15, 0.2) is 0 Å². The molecule has 0 aliphatic rings. The van der Waals surface area contributed by atoms with E-state index in [9.17, 15) is 9.18 Å². The summed E-state index contributed by atoms with van der Waals surface area (Å²) in [4.78, 5) is 11.0. The first-order valence-electron chi connectivity index (χ1n) is 5.22. The Bertz CT molecular complexity index is 441. The number of nitriles is 1. The lowest BCUT2D eigenvalue weighted by Gasteiger charge is -2.06. The van der Waals surface area contributed by atoms with Gasteiger partial charge in [0.25, 0.3) is 0 Å². The predicted octanol–water partition coefficient (Wildman–Crippen LogP) is 1.35. The fourth-order valence-corrected chi connectivity index (χ4v) is 1.33. The van der Waals surface area contributed by atoms with Crippen molar-refractivity contribution in [3.63, 3.8) is 0 Å². The van der Waals surface area contributed by atoms with Crippen molar-refractivity contribution in [3.05, 3.63) is 35.1 Å². The summed E-state index contributed by atoms with van der Waals surface area (Å²) in [5, 5.41) is 11.6. The molecule has 5 heteroatoms. The van der Waals surface area contributed by atoms with Crippen molar-refractivity contribution < 1.29 is 13.9 Å². The van der Waals surface area contributed by atoms with E-state index in [1.165, 1.54) is 18.2 Å². The third-order valence-corrected chi connectivity index (χ3v) is 2.08. The van der Waals surface area contributed by atoms with E-state index in [0.717, 1.165) is 0 Å². The quantitative estimate of drug-likeness (QED) is 0.784. The molecule has 0 aromatic heterocycles. The Labute approximate surface area is 99.0 Å². The minimum atomic E-state index is -0.406. The number of hydrogen-bond acceptors (Lipinski definition) is 4. The SMILES string of the molecule is CCOC(=O)CNCc1cc(F)ccc1C#N. The second-order valence-corrected chi connectivity index (χ2v) is 3.32. The average Bonchev–Trinajstić information content (AvgIpc) is 2.30. The first kappa shape index (κ1) is 13.1. The normalized spacial score (nSPS) is 9.71. The highest BCUT2D eigenvalue weighted by Crippen LogP contribution is 2.09. The Balaban J connectivity index is 2.54. The molecule has 0 bridgehead atoms. The molecule has 17 heavy (non-hydrogen) atoms. The molecule has 0 radical (unpaired) electrons. The van der Waals surface area contributed by atoms with E-state index < -0.39 is 5.82 Å². The van der Waals surface area contributed by atoms with Crippen molar-refractivity contribution >= 4 is 5.97 Å². The van der Waals surface area contributed by atoms with Crippen LogP contribution < -0.4 is 5.32 Å². The second kappa shape index (κ2) is 6.61. The predicted molar refractivity (Wildman–Crippen MR) is 59.5 cm³/mol. The van der Waals surface area contributed by atoms with Crippen LogP contribution in [0.4, 0.5) is 4.39 Å². The summed E-state index contributed by atoms with van der Waals surface area (Å²) in [6.07, 6.45) is 0. The molecular formula is C12H13FN2O2. The number of hydrogen-bond donors (Lipinski definition) is 1. The van der Waals surface area contributed by atoms with Gasteiger partial charge in [0.05, 0.1) is 24.8 Å². The van der Waals surface area contributed by atoms with Gasteiger partial charge < -0.3 is 10.1 Å². The van der Waals surface area contributed by atoms with Crippen LogP contribution in [0.5, 0.6) is 0 Å². The van der Waals surface area contributed by atoms with Crippen molar-refractivity contribution in [2.24, 2.45) is 0 Å². The number of nitrogens with zero attached hydrogens (tertiary/aromatic N) is 1. The van der Waals surface area contributed by atoms with Gasteiger partial charge in [-0.05, 0) is 30.7 Å². The topological polar surface area (TPSA) is 62.1 Å². The maximum Gasteiger partial charge on any atom is 0.319 e. The van der Waals surface area contributed by atoms with E-state index >= 15 is 0 Å². The van der Waals surface area contributed by atoms with Crippen molar-refractivity contribution in [3.8, 4) is 6.07 Å². The van der Waals surface area contributed by atoms with Gasteiger partial charge >= 0.3 is 5.97 Å². The number of carbonyl (C=O) groups is 1. The van der Waals surface area contributed by atoms with E-state index in [4.69, 9.17) is 10.00 Å². The van der Waals surface area contributed by atoms with Crippen molar-refractivity contribution in [2.45, 2.75) is 13.5 Å². The summed E-state index contributed by atoms with van der Waals surface area (Å²) in [6.45, 7) is 2.33. The van der Waals surface area contributed by atoms with E-state index in [0.29, 0.717) is 17.7 Å². The molecule has 0 spiro atoms. The number of ether oxygens (including phenoxy) is 1. The molecule has 1 N–H and O–H groups in total. The van der Waals surface area contributed by atoms with Crippen LogP contribution in [0.3, 0.4) is 0 Å². The molecule has 0 aliphatic carbocycles. The maximum atomic E-state index is 13.0. The molecule has 1 aromatic rings. The molecule has 1 aromatic carbocycles. The zero-order valence-electron chi connectivity index (χ0n) is 9.50. The zero-order chi connectivity index (χ0) is 12.7. The molecule has 0 amide bonds. The minimum absolute atomic E-state index is 0.0369. The lowest BCUT2D eigenvalue weighted by molar-refractivity contribution is -0.142. The smallest absolute Gasteiger partial charge is 0.319 e. The third kappa shape index (κ3) is 4.21. The fourth-order valence-electron chi connectivity index (χ4n) is 1.33. The number of halogens is 1. The molecule has 0 fully saturated rings. The number of benzene rings is 1. The second-order valence-electron chi connectivity index (χ2n) is 3.32. The van der Waals surface area contributed by atoms with Crippen LogP contribution in [-0.2, 0) is 16.1 Å². The Morgan fingerprint density at radius 1 is 1.59 bits per heavy atom. The molecule has 0 unspecified atom stereocenters. The summed E-state index contributed by atoms with van der Waals surface area (Å²) in [5.41, 5.74) is 0.916. The van der Waals surface area contributed by atoms with Crippen LogP contribution in [0, 0.1) is 17.1 Å². The van der Waals surface area contributed by atoms with Gasteiger partial charge in [-0.1, -0.05) is 0 Å². The van der Waals surface area contributed by atoms with E-state index in [1.807, 2.05) is 6.07 Å². The molecule has 0 heterocycles. The monoisotopic (exact) mass is 236 g/mol. The van der Waals surface area contributed by atoms with Crippen LogP contribution in [0.2, 0.25) is 0 Å². The Morgan fingerprint density at radius 2 is 2.35 bits per heavy atom. The lowest BCUT2D eigenvalue weighted by atomic mass is 10.1. The lowest BCUT2D eigenvalue weighted by Crippen LogP contribution is -2.24. The van der Waals surface area contributed by atoms with E-state index in [2.05, 4.69) is 5.32 Å². The van der Waals surface area contributed by atoms with E-state index in [-0.39, 0.29) is 19.1 Å². The molecule has 1 rings (SSSR count). The Kier molecular flexibility index (Phi) is 5.11. The average molecular weight is 236 g/mol. The molecule has 0 aliphatic heterocycles. The highest BCUT2D eigenvalue weighted by Gasteiger charge is 2.05. The van der Waals surface area contributed by atoms with Crippen LogP contribution in [-0.4, -0.2) is 19.1 Å². The van der Waals surface area contributed by atoms with Crippen molar-refractivity contribution in [1.29, 1.82) is 5.26 Å². The van der Waals surface area contributed by atoms with Crippen molar-refractivity contribution in [2.75, 3.05) is 13.2 Å². The van der Waals surface area contributed by atoms with Gasteiger partial charge in [0.2, 0.25) is 0 Å². The molecule has 0 atom stereocenters. The summed E-state index contributed by atoms with van der Waals surface area (Å²) in [7, 11) is 0. The van der Waals surface area contributed by atoms with Gasteiger partial charge in [-0.15, -0.1) is 0 Å². The third-order valence-electron chi connectivity index (χ3n) is 2.08. The van der Waals surface area contributed by atoms with Crippen LogP contribution in [0.1, 0.15) is 18.1 Å². The number of rotatable bonds is 5. The maximum absolute atomic E-state index is 13.0. The number of nitrogens with one attached hydrogen (secondary N) is 1. The minimum Gasteiger partial charge on any atom is -0.465 e. The molecule has 4 nitrogen and oxygen atoms in total. The van der Waals surface area contributed by atoms with E-state index in [1.54, 1.807) is 6.92 Å². The van der Waals surface area contributed by atoms with Crippen LogP contribution in [0.25, 0.3) is 0 Å². The molecule has 90 valence electrons. The Hall–Kier alpha value is -1.93. The standard InChI is InChI=1S/C12H13FN2O2/c1-2-17-12(16)8-15-7-10-5-11(13)4-3-9(10)6-14/h3-5,15H,2,7-8H2,1H3. The van der Waals surface area contributed by atoms with Crippen LogP contribution >= 0.6 is 0 Å². The summed E-state index contributed by atoms with van der Waals surface area (Å²) in [6, 6.07) is 5.88. The Morgan fingerprint density at radius 3 is 3.00 bits per heavy atom. The molecule has 0 saturated carbocycles. The van der Waals surface area contributed by atoms with Gasteiger partial charge in [0, 0.05) is 6.54 Å². The number of esters is 1. The highest BCUT2D eigenvalue weighted by molar-refractivity contribution is 5.71. The van der Waals surface area contributed by atoms with Gasteiger partial charge in [0.1, 0.15) is 5.82 Å². The fraction of sp³-hybridized carbons (Fsp3) is 0.333. The van der Waals surface area contributed by atoms with Gasteiger partial charge in [-0.3, -0.25) is 4.79 Å². The first-order chi connectivity index (χ1) is 8.17. The summed E-state index contributed by atoms with van der Waals surface area (Å²) >= 11 is 0. The van der Waals surface area contributed by atoms with Crippen molar-refractivity contribution in [1.82, 2.24) is 5.32 Å². The van der Waals surface area contributed by atoms with Crippen LogP contribution in [0.15, 0.2) is 18.2 Å².